The molecule has 1 fully saturated rings. The number of rotatable bonds is 2. The van der Waals surface area contributed by atoms with E-state index in [0.717, 1.165) is 27.2 Å². The summed E-state index contributed by atoms with van der Waals surface area (Å²) in [5, 5.41) is 11.6. The maximum atomic E-state index is 13.7. The van der Waals surface area contributed by atoms with Gasteiger partial charge >= 0.3 is 0 Å². The fraction of sp³-hybridized carbons (Fsp3) is 0.167. The van der Waals surface area contributed by atoms with E-state index in [9.17, 15) is 19.7 Å². The molecule has 6 nitrogen and oxygen atoms in total. The molecule has 7 heteroatoms. The van der Waals surface area contributed by atoms with Crippen molar-refractivity contribution in [2.24, 2.45) is 11.8 Å². The fourth-order valence-corrected chi connectivity index (χ4v) is 6.30. The summed E-state index contributed by atoms with van der Waals surface area (Å²) in [6.45, 7) is 0. The summed E-state index contributed by atoms with van der Waals surface area (Å²) in [5.41, 5.74) is 3.23. The first-order chi connectivity index (χ1) is 15.0. The first-order valence-corrected chi connectivity index (χ1v) is 10.3. The highest BCUT2D eigenvalue weighted by molar-refractivity contribution is 6.33. The Morgan fingerprint density at radius 1 is 0.839 bits per heavy atom. The molecule has 0 saturated carbocycles. The van der Waals surface area contributed by atoms with Crippen molar-refractivity contribution in [3.8, 4) is 0 Å². The van der Waals surface area contributed by atoms with Gasteiger partial charge in [-0.05, 0) is 28.3 Å². The van der Waals surface area contributed by atoms with E-state index in [1.165, 1.54) is 18.2 Å². The maximum Gasteiger partial charge on any atom is 0.293 e. The average molecular weight is 431 g/mol. The smallest absolute Gasteiger partial charge is 0.274 e. The normalized spacial score (nSPS) is 27.6. The molecule has 2 atom stereocenters. The number of nitrogens with zero attached hydrogens (tertiary/aromatic N) is 2. The summed E-state index contributed by atoms with van der Waals surface area (Å²) in [6, 6.07) is 21.1. The number of nitro benzene ring substituents is 1. The van der Waals surface area contributed by atoms with E-state index >= 15 is 0 Å². The number of para-hydroxylation sites is 2. The molecule has 0 radical (unpaired) electrons. The van der Waals surface area contributed by atoms with Crippen LogP contribution in [-0.4, -0.2) is 16.7 Å². The van der Waals surface area contributed by atoms with Gasteiger partial charge < -0.3 is 0 Å². The van der Waals surface area contributed by atoms with Crippen LogP contribution in [0.4, 0.5) is 11.4 Å². The van der Waals surface area contributed by atoms with Crippen molar-refractivity contribution in [1.82, 2.24) is 0 Å². The standard InChI is InChI=1S/C24H15ClN2O4/c25-24-15-9-3-1-7-13(15)19(14-8-2-4-10-16(14)24)20-21(24)23(29)26(22(20)28)17-11-5-6-12-18(17)27(30)31/h1-12,19-21H/t19?,20-,21+,24?/m0/s1. The second-order valence-corrected chi connectivity index (χ2v) is 8.72. The number of anilines is 1. The van der Waals surface area contributed by atoms with E-state index in [2.05, 4.69) is 0 Å². The second kappa shape index (κ2) is 6.02. The van der Waals surface area contributed by atoms with Crippen molar-refractivity contribution in [3.63, 3.8) is 0 Å². The van der Waals surface area contributed by atoms with Crippen LogP contribution in [0.2, 0.25) is 0 Å². The number of carbonyl (C=O) groups is 2. The van der Waals surface area contributed by atoms with Gasteiger partial charge in [-0.25, -0.2) is 4.90 Å². The van der Waals surface area contributed by atoms with Gasteiger partial charge in [-0.1, -0.05) is 60.7 Å². The summed E-state index contributed by atoms with van der Waals surface area (Å²) in [6.07, 6.45) is 0. The van der Waals surface area contributed by atoms with Crippen LogP contribution in [0, 0.1) is 22.0 Å². The van der Waals surface area contributed by atoms with Gasteiger partial charge in [0.2, 0.25) is 11.8 Å². The van der Waals surface area contributed by atoms with Gasteiger partial charge in [0.05, 0.1) is 16.8 Å². The van der Waals surface area contributed by atoms with Crippen molar-refractivity contribution < 1.29 is 14.5 Å². The largest absolute Gasteiger partial charge is 0.293 e. The van der Waals surface area contributed by atoms with E-state index in [4.69, 9.17) is 11.6 Å². The van der Waals surface area contributed by atoms with E-state index in [0.29, 0.717) is 0 Å². The van der Waals surface area contributed by atoms with Crippen molar-refractivity contribution >= 4 is 34.8 Å². The lowest BCUT2D eigenvalue weighted by molar-refractivity contribution is -0.384. The van der Waals surface area contributed by atoms with Gasteiger partial charge in [-0.3, -0.25) is 19.7 Å². The number of benzene rings is 3. The van der Waals surface area contributed by atoms with Gasteiger partial charge in [0, 0.05) is 12.0 Å². The highest BCUT2D eigenvalue weighted by atomic mass is 35.5. The molecule has 3 aromatic rings. The Bertz CT molecular complexity index is 1270. The molecule has 152 valence electrons. The van der Waals surface area contributed by atoms with Gasteiger partial charge in [-0.15, -0.1) is 11.6 Å². The van der Waals surface area contributed by atoms with Crippen LogP contribution in [0.15, 0.2) is 72.8 Å². The zero-order valence-electron chi connectivity index (χ0n) is 16.1. The van der Waals surface area contributed by atoms with Crippen molar-refractivity contribution in [2.75, 3.05) is 4.90 Å². The van der Waals surface area contributed by atoms with Crippen LogP contribution >= 0.6 is 11.6 Å². The number of hydrogen-bond donors (Lipinski definition) is 0. The molecular formula is C24H15ClN2O4. The van der Waals surface area contributed by atoms with E-state index in [1.54, 1.807) is 6.07 Å². The number of amides is 2. The monoisotopic (exact) mass is 430 g/mol. The quantitative estimate of drug-likeness (QED) is 0.262. The minimum Gasteiger partial charge on any atom is -0.274 e. The van der Waals surface area contributed by atoms with E-state index in [-0.39, 0.29) is 17.3 Å². The number of halogens is 1. The van der Waals surface area contributed by atoms with Crippen molar-refractivity contribution in [2.45, 2.75) is 10.8 Å². The highest BCUT2D eigenvalue weighted by Crippen LogP contribution is 2.66. The summed E-state index contributed by atoms with van der Waals surface area (Å²) in [7, 11) is 0. The number of alkyl halides is 1. The number of imide groups is 1. The molecule has 0 spiro atoms. The van der Waals surface area contributed by atoms with Gasteiger partial charge in [0.1, 0.15) is 10.6 Å². The topological polar surface area (TPSA) is 80.5 Å². The van der Waals surface area contributed by atoms with Crippen LogP contribution in [0.1, 0.15) is 28.2 Å². The molecule has 3 aliphatic carbocycles. The van der Waals surface area contributed by atoms with Crippen LogP contribution in [-0.2, 0) is 14.5 Å². The van der Waals surface area contributed by atoms with Crippen molar-refractivity contribution in [3.05, 3.63) is 105 Å². The summed E-state index contributed by atoms with van der Waals surface area (Å²) >= 11 is 7.34. The molecule has 2 amide bonds. The second-order valence-electron chi connectivity index (χ2n) is 8.13. The molecule has 31 heavy (non-hydrogen) atoms. The van der Waals surface area contributed by atoms with Gasteiger partial charge in [-0.2, -0.15) is 0 Å². The van der Waals surface area contributed by atoms with Crippen LogP contribution in [0.25, 0.3) is 0 Å². The molecule has 3 aromatic carbocycles. The van der Waals surface area contributed by atoms with Crippen LogP contribution in [0.5, 0.6) is 0 Å². The predicted molar refractivity (Wildman–Crippen MR) is 114 cm³/mol. The molecule has 4 aliphatic rings. The lowest BCUT2D eigenvalue weighted by Gasteiger charge is -2.50. The maximum absolute atomic E-state index is 13.7. The minimum atomic E-state index is -1.21. The van der Waals surface area contributed by atoms with Crippen molar-refractivity contribution in [1.29, 1.82) is 0 Å². The Hall–Kier alpha value is -3.51. The molecule has 1 aliphatic heterocycles. The van der Waals surface area contributed by atoms with Crippen LogP contribution in [0.3, 0.4) is 0 Å². The summed E-state index contributed by atoms with van der Waals surface area (Å²) < 4.78 is 0. The third-order valence-corrected chi connectivity index (χ3v) is 7.48. The van der Waals surface area contributed by atoms with Crippen LogP contribution < -0.4 is 4.90 Å². The van der Waals surface area contributed by atoms with Gasteiger partial charge in [0.15, 0.2) is 0 Å². The third-order valence-electron chi connectivity index (χ3n) is 6.83. The Labute approximate surface area is 182 Å². The molecule has 0 unspecified atom stereocenters. The Kier molecular flexibility index (Phi) is 3.55. The number of nitro groups is 1. The average Bonchev–Trinajstić information content (AvgIpc) is 3.05. The number of hydrogen-bond acceptors (Lipinski definition) is 4. The zero-order valence-corrected chi connectivity index (χ0v) is 16.8. The summed E-state index contributed by atoms with van der Waals surface area (Å²) in [5.74, 6) is -2.82. The molecule has 7 rings (SSSR count). The van der Waals surface area contributed by atoms with E-state index in [1.807, 2.05) is 48.5 Å². The van der Waals surface area contributed by atoms with E-state index < -0.39 is 33.4 Å². The third kappa shape index (κ3) is 2.08. The van der Waals surface area contributed by atoms with Gasteiger partial charge in [0.25, 0.3) is 5.69 Å². The molecule has 1 heterocycles. The molecule has 0 N–H and O–H groups in total. The highest BCUT2D eigenvalue weighted by Gasteiger charge is 2.68. The fourth-order valence-electron chi connectivity index (χ4n) is 5.72. The minimum absolute atomic E-state index is 0.00956. The SMILES string of the molecule is O=C1[C@H]2C3c4ccccc4C(Cl)(c4ccccc43)[C@H]2C(=O)N1c1ccccc1[N+](=O)[O-]. The Balaban J connectivity index is 1.62. The molecule has 2 bridgehead atoms. The molecule has 0 aromatic heterocycles. The molecular weight excluding hydrogens is 416 g/mol. The number of carbonyl (C=O) groups excluding carboxylic acids is 2. The Morgan fingerprint density at radius 2 is 1.39 bits per heavy atom. The lowest BCUT2D eigenvalue weighted by atomic mass is 9.54. The first-order valence-electron chi connectivity index (χ1n) is 9.95. The Morgan fingerprint density at radius 3 is 2.00 bits per heavy atom. The first kappa shape index (κ1) is 18.3. The summed E-state index contributed by atoms with van der Waals surface area (Å²) in [4.78, 5) is 38.2. The molecule has 1 saturated heterocycles. The zero-order chi connectivity index (χ0) is 21.5. The predicted octanol–water partition coefficient (Wildman–Crippen LogP) is 4.34. The lowest BCUT2D eigenvalue weighted by Crippen LogP contribution is -2.50.